The lowest BCUT2D eigenvalue weighted by molar-refractivity contribution is -0.154. The molecule has 4 aliphatic carbocycles. The zero-order chi connectivity index (χ0) is 23.9. The number of esters is 2. The molecule has 0 aliphatic heterocycles. The minimum absolute atomic E-state index is 0.00487. The first kappa shape index (κ1) is 24.5. The molecule has 4 heteroatoms. The van der Waals surface area contributed by atoms with Gasteiger partial charge in [0.2, 0.25) is 0 Å². The highest BCUT2D eigenvalue weighted by Crippen LogP contribution is 2.46. The van der Waals surface area contributed by atoms with E-state index in [9.17, 15) is 9.59 Å². The Morgan fingerprint density at radius 3 is 1.45 bits per heavy atom. The van der Waals surface area contributed by atoms with E-state index in [0.29, 0.717) is 46.7 Å². The Morgan fingerprint density at radius 1 is 0.697 bits per heavy atom. The average molecular weight is 457 g/mol. The lowest BCUT2D eigenvalue weighted by Gasteiger charge is -2.37. The Labute approximate surface area is 200 Å². The lowest BCUT2D eigenvalue weighted by Crippen LogP contribution is -2.38. The third-order valence-electron chi connectivity index (χ3n) is 8.99. The standard InChI is InChI=1S/C29H44O4/c1-16(2)22-11-7-18(5)13-24(22)32-28(30)26-20-9-10-21(15-20)27(26)29(31)33-25-14-19(6)8-12-23(25)17(3)4/h9-10,16-25H,7-8,11-15H2,1-6H3. The van der Waals surface area contributed by atoms with E-state index < -0.39 is 0 Å². The Bertz CT molecular complexity index is 742. The molecule has 2 saturated carbocycles. The van der Waals surface area contributed by atoms with Gasteiger partial charge < -0.3 is 9.47 Å². The van der Waals surface area contributed by atoms with Crippen LogP contribution in [0, 0.1) is 47.3 Å². The molecule has 8 atom stereocenters. The van der Waals surface area contributed by atoms with Gasteiger partial charge in [0.25, 0.3) is 0 Å². The second-order valence-electron chi connectivity index (χ2n) is 12.2. The van der Waals surface area contributed by atoms with Gasteiger partial charge in [-0.2, -0.15) is 0 Å². The minimum Gasteiger partial charge on any atom is -0.459 e. The van der Waals surface area contributed by atoms with Gasteiger partial charge in [-0.3, -0.25) is 0 Å². The van der Waals surface area contributed by atoms with E-state index in [-0.39, 0.29) is 36.0 Å². The van der Waals surface area contributed by atoms with E-state index >= 15 is 0 Å². The highest BCUT2D eigenvalue weighted by molar-refractivity contribution is 6.03. The molecule has 2 fully saturated rings. The number of hydrogen-bond donors (Lipinski definition) is 0. The molecule has 4 rings (SSSR count). The Hall–Kier alpha value is -1.58. The SMILES string of the molecule is CC1CCC(C(C)C)C(OC(=O)C2=C(C(=O)OC3CC(C)CCC3C(C)C)C3C=CC2C3)C1. The van der Waals surface area contributed by atoms with Gasteiger partial charge in [0, 0.05) is 11.8 Å². The van der Waals surface area contributed by atoms with Crippen molar-refractivity contribution in [2.75, 3.05) is 0 Å². The molecule has 4 nitrogen and oxygen atoms in total. The van der Waals surface area contributed by atoms with Crippen molar-refractivity contribution in [2.45, 2.75) is 98.7 Å². The summed E-state index contributed by atoms with van der Waals surface area (Å²) in [4.78, 5) is 27.0. The van der Waals surface area contributed by atoms with Crippen molar-refractivity contribution in [3.63, 3.8) is 0 Å². The van der Waals surface area contributed by atoms with E-state index in [1.165, 1.54) is 12.8 Å². The summed E-state index contributed by atoms with van der Waals surface area (Å²) >= 11 is 0. The predicted molar refractivity (Wildman–Crippen MR) is 130 cm³/mol. The molecule has 0 heterocycles. The first-order chi connectivity index (χ1) is 15.7. The van der Waals surface area contributed by atoms with Gasteiger partial charge in [0.15, 0.2) is 0 Å². The van der Waals surface area contributed by atoms with Crippen LogP contribution in [-0.2, 0) is 19.1 Å². The molecule has 4 aliphatic rings. The molecule has 184 valence electrons. The molecule has 0 amide bonds. The van der Waals surface area contributed by atoms with Gasteiger partial charge in [-0.05, 0) is 67.6 Å². The van der Waals surface area contributed by atoms with Crippen LogP contribution in [0.2, 0.25) is 0 Å². The molecule has 8 unspecified atom stereocenters. The van der Waals surface area contributed by atoms with Crippen molar-refractivity contribution in [3.8, 4) is 0 Å². The Morgan fingerprint density at radius 2 is 1.09 bits per heavy atom. The summed E-state index contributed by atoms with van der Waals surface area (Å²) in [7, 11) is 0. The maximum atomic E-state index is 13.5. The van der Waals surface area contributed by atoms with Gasteiger partial charge in [0.1, 0.15) is 12.2 Å². The van der Waals surface area contributed by atoms with Crippen molar-refractivity contribution >= 4 is 11.9 Å². The van der Waals surface area contributed by atoms with Crippen LogP contribution in [-0.4, -0.2) is 24.1 Å². The van der Waals surface area contributed by atoms with Gasteiger partial charge in [-0.25, -0.2) is 9.59 Å². The summed E-state index contributed by atoms with van der Waals surface area (Å²) in [5.74, 6) is 2.32. The summed E-state index contributed by atoms with van der Waals surface area (Å²) in [6.07, 6.45) is 11.3. The average Bonchev–Trinajstić information content (AvgIpc) is 3.35. The largest absolute Gasteiger partial charge is 0.459 e. The van der Waals surface area contributed by atoms with Crippen molar-refractivity contribution < 1.29 is 19.1 Å². The van der Waals surface area contributed by atoms with Crippen molar-refractivity contribution in [1.82, 2.24) is 0 Å². The van der Waals surface area contributed by atoms with Gasteiger partial charge in [0.05, 0.1) is 11.1 Å². The minimum atomic E-state index is -0.277. The number of rotatable bonds is 6. The van der Waals surface area contributed by atoms with E-state index in [0.717, 1.165) is 32.1 Å². The fourth-order valence-electron chi connectivity index (χ4n) is 6.95. The smallest absolute Gasteiger partial charge is 0.335 e. The van der Waals surface area contributed by atoms with Crippen LogP contribution in [0.1, 0.15) is 86.5 Å². The van der Waals surface area contributed by atoms with Crippen molar-refractivity contribution in [3.05, 3.63) is 23.3 Å². The molecule has 0 aromatic rings. The molecule has 2 bridgehead atoms. The summed E-state index contributed by atoms with van der Waals surface area (Å²) < 4.78 is 12.4. The summed E-state index contributed by atoms with van der Waals surface area (Å²) in [5, 5.41) is 0. The zero-order valence-corrected chi connectivity index (χ0v) is 21.5. The van der Waals surface area contributed by atoms with Crippen LogP contribution in [0.25, 0.3) is 0 Å². The quantitative estimate of drug-likeness (QED) is 0.338. The van der Waals surface area contributed by atoms with Crippen LogP contribution in [0.5, 0.6) is 0 Å². The molecular formula is C29H44O4. The van der Waals surface area contributed by atoms with E-state index in [1.54, 1.807) is 0 Å². The van der Waals surface area contributed by atoms with Crippen LogP contribution < -0.4 is 0 Å². The lowest BCUT2D eigenvalue weighted by atomic mass is 9.75. The van der Waals surface area contributed by atoms with Gasteiger partial charge >= 0.3 is 11.9 Å². The van der Waals surface area contributed by atoms with E-state index in [2.05, 4.69) is 53.7 Å². The highest BCUT2D eigenvalue weighted by Gasteiger charge is 2.45. The first-order valence-corrected chi connectivity index (χ1v) is 13.5. The predicted octanol–water partition coefficient (Wildman–Crippen LogP) is 6.50. The molecular weight excluding hydrogens is 412 g/mol. The second kappa shape index (κ2) is 9.96. The van der Waals surface area contributed by atoms with Crippen LogP contribution in [0.15, 0.2) is 23.3 Å². The second-order valence-corrected chi connectivity index (χ2v) is 12.2. The van der Waals surface area contributed by atoms with Crippen LogP contribution in [0.4, 0.5) is 0 Å². The molecule has 0 aromatic heterocycles. The highest BCUT2D eigenvalue weighted by atomic mass is 16.6. The maximum absolute atomic E-state index is 13.5. The van der Waals surface area contributed by atoms with Crippen molar-refractivity contribution in [2.24, 2.45) is 47.3 Å². The fourth-order valence-corrected chi connectivity index (χ4v) is 6.95. The van der Waals surface area contributed by atoms with E-state index in [1.807, 2.05) is 0 Å². The maximum Gasteiger partial charge on any atom is 0.335 e. The number of carbonyl (C=O) groups excluding carboxylic acids is 2. The number of carbonyl (C=O) groups is 2. The molecule has 0 radical (unpaired) electrons. The summed E-state index contributed by atoms with van der Waals surface area (Å²) in [5.41, 5.74) is 1.16. The fraction of sp³-hybridized carbons (Fsp3) is 0.793. The molecule has 0 spiro atoms. The monoisotopic (exact) mass is 456 g/mol. The molecule has 0 saturated heterocycles. The first-order valence-electron chi connectivity index (χ1n) is 13.5. The zero-order valence-electron chi connectivity index (χ0n) is 21.5. The van der Waals surface area contributed by atoms with Crippen molar-refractivity contribution in [1.29, 1.82) is 0 Å². The van der Waals surface area contributed by atoms with Gasteiger partial charge in [-0.15, -0.1) is 0 Å². The topological polar surface area (TPSA) is 52.6 Å². The van der Waals surface area contributed by atoms with Crippen LogP contribution in [0.3, 0.4) is 0 Å². The number of fused-ring (bicyclic) bond motifs is 2. The number of allylic oxidation sites excluding steroid dienone is 2. The Balaban J connectivity index is 1.53. The molecule has 0 N–H and O–H groups in total. The summed E-state index contributed by atoms with van der Waals surface area (Å²) in [6.45, 7) is 13.4. The van der Waals surface area contributed by atoms with E-state index in [4.69, 9.17) is 9.47 Å². The normalized spacial score (nSPS) is 38.3. The molecule has 33 heavy (non-hydrogen) atoms. The van der Waals surface area contributed by atoms with Gasteiger partial charge in [-0.1, -0.05) is 66.5 Å². The third kappa shape index (κ3) is 5.10. The molecule has 0 aromatic carbocycles. The number of ether oxygens (including phenoxy) is 2. The third-order valence-corrected chi connectivity index (χ3v) is 8.99. The summed E-state index contributed by atoms with van der Waals surface area (Å²) in [6, 6.07) is 0. The Kier molecular flexibility index (Phi) is 7.41. The van der Waals surface area contributed by atoms with Crippen LogP contribution >= 0.6 is 0 Å². The number of hydrogen-bond acceptors (Lipinski definition) is 4.